The van der Waals surface area contributed by atoms with E-state index in [0.29, 0.717) is 24.0 Å². The predicted octanol–water partition coefficient (Wildman–Crippen LogP) is 2.63. The van der Waals surface area contributed by atoms with E-state index in [4.69, 9.17) is 10.3 Å². The van der Waals surface area contributed by atoms with Crippen LogP contribution in [0.1, 0.15) is 5.56 Å². The maximum atomic E-state index is 5.47. The van der Waals surface area contributed by atoms with Crippen LogP contribution in [0.15, 0.2) is 59.4 Å². The Morgan fingerprint density at radius 2 is 1.86 bits per heavy atom. The molecule has 1 aromatic carbocycles. The van der Waals surface area contributed by atoms with Crippen LogP contribution in [0.25, 0.3) is 11.4 Å². The van der Waals surface area contributed by atoms with Gasteiger partial charge in [-0.2, -0.15) is 0 Å². The van der Waals surface area contributed by atoms with E-state index in [-0.39, 0.29) is 0 Å². The number of anilines is 2. The Balaban J connectivity index is 1.86. The number of hydrogen-bond donors (Lipinski definition) is 3. The maximum Gasteiger partial charge on any atom is 0.163 e. The first-order chi connectivity index (χ1) is 10.3. The Hall–Kier alpha value is -2.86. The maximum absolute atomic E-state index is 5.47. The van der Waals surface area contributed by atoms with Gasteiger partial charge in [-0.15, -0.1) is 0 Å². The van der Waals surface area contributed by atoms with Gasteiger partial charge in [0, 0.05) is 23.7 Å². The molecule has 0 amide bonds. The highest BCUT2D eigenvalue weighted by Gasteiger charge is 2.06. The Morgan fingerprint density at radius 3 is 2.57 bits per heavy atom. The van der Waals surface area contributed by atoms with E-state index in [0.717, 1.165) is 11.1 Å². The fraction of sp³-hybridized carbons (Fsp3) is 0.0667. The van der Waals surface area contributed by atoms with Gasteiger partial charge >= 0.3 is 0 Å². The second-order valence-electron chi connectivity index (χ2n) is 4.46. The highest BCUT2D eigenvalue weighted by molar-refractivity contribution is 5.60. The monoisotopic (exact) mass is 281 g/mol. The second-order valence-corrected chi connectivity index (χ2v) is 4.46. The van der Waals surface area contributed by atoms with Crippen LogP contribution >= 0.6 is 0 Å². The molecule has 6 heteroatoms. The number of nitrogens with one attached hydrogen (secondary N) is 2. The Bertz CT molecular complexity index is 697. The molecule has 0 radical (unpaired) electrons. The number of nitrogens with two attached hydrogens (primary N) is 1. The van der Waals surface area contributed by atoms with Crippen molar-refractivity contribution >= 4 is 11.6 Å². The number of rotatable bonds is 5. The zero-order valence-electron chi connectivity index (χ0n) is 11.3. The summed E-state index contributed by atoms with van der Waals surface area (Å²) in [4.78, 5) is 8.86. The topological polar surface area (TPSA) is 89.0 Å². The number of hydrogen-bond acceptors (Lipinski definition) is 6. The molecule has 2 heterocycles. The molecule has 106 valence electrons. The van der Waals surface area contributed by atoms with Gasteiger partial charge in [0.05, 0.1) is 12.5 Å². The molecule has 6 nitrogen and oxygen atoms in total. The molecule has 2 aromatic heterocycles. The Morgan fingerprint density at radius 1 is 1.05 bits per heavy atom. The average molecular weight is 281 g/mol. The van der Waals surface area contributed by atoms with Gasteiger partial charge in [0.1, 0.15) is 11.6 Å². The second kappa shape index (κ2) is 6.06. The lowest BCUT2D eigenvalue weighted by molar-refractivity contribution is 0.564. The van der Waals surface area contributed by atoms with E-state index < -0.39 is 0 Å². The van der Waals surface area contributed by atoms with E-state index in [1.54, 1.807) is 18.6 Å². The molecule has 0 aliphatic rings. The molecule has 3 aromatic rings. The Labute approximate surface area is 122 Å². The largest absolute Gasteiger partial charge is 0.472 e. The van der Waals surface area contributed by atoms with E-state index >= 15 is 0 Å². The minimum atomic E-state index is 0.554. The lowest BCUT2D eigenvalue weighted by Gasteiger charge is -2.09. The van der Waals surface area contributed by atoms with Gasteiger partial charge in [-0.3, -0.25) is 0 Å². The molecule has 0 bridgehead atoms. The summed E-state index contributed by atoms with van der Waals surface area (Å²) < 4.78 is 5.04. The molecule has 3 rings (SSSR count). The molecule has 4 N–H and O–H groups in total. The van der Waals surface area contributed by atoms with Crippen LogP contribution in [0, 0.1) is 0 Å². The molecular weight excluding hydrogens is 266 g/mol. The summed E-state index contributed by atoms with van der Waals surface area (Å²) in [6, 6.07) is 13.4. The highest BCUT2D eigenvalue weighted by atomic mass is 16.3. The van der Waals surface area contributed by atoms with Gasteiger partial charge in [0.15, 0.2) is 5.82 Å². The van der Waals surface area contributed by atoms with E-state index in [1.807, 2.05) is 36.4 Å². The zero-order chi connectivity index (χ0) is 14.5. The summed E-state index contributed by atoms with van der Waals surface area (Å²) in [7, 11) is 0. The SMILES string of the molecule is NNc1cc(NCc2ccoc2)nc(-c2ccccc2)n1. The summed E-state index contributed by atoms with van der Waals surface area (Å²) in [5.41, 5.74) is 4.53. The number of furan rings is 1. The average Bonchev–Trinajstić information content (AvgIpc) is 3.07. The summed E-state index contributed by atoms with van der Waals surface area (Å²) >= 11 is 0. The van der Waals surface area contributed by atoms with E-state index in [2.05, 4.69) is 20.7 Å². The van der Waals surface area contributed by atoms with Gasteiger partial charge in [-0.05, 0) is 6.07 Å². The van der Waals surface area contributed by atoms with Crippen LogP contribution in [0.3, 0.4) is 0 Å². The van der Waals surface area contributed by atoms with Crippen molar-refractivity contribution in [1.29, 1.82) is 0 Å². The molecule has 0 spiro atoms. The van der Waals surface area contributed by atoms with E-state index in [9.17, 15) is 0 Å². The minimum absolute atomic E-state index is 0.554. The molecule has 0 saturated heterocycles. The summed E-state index contributed by atoms with van der Waals surface area (Å²) in [6.07, 6.45) is 3.33. The molecule has 0 aliphatic heterocycles. The number of nitrogen functional groups attached to an aromatic ring is 1. The smallest absolute Gasteiger partial charge is 0.163 e. The quantitative estimate of drug-likeness (QED) is 0.492. The first-order valence-electron chi connectivity index (χ1n) is 6.51. The third-order valence-electron chi connectivity index (χ3n) is 2.96. The van der Waals surface area contributed by atoms with Gasteiger partial charge < -0.3 is 15.2 Å². The number of hydrazine groups is 1. The standard InChI is InChI=1S/C15H15N5O/c16-20-14-8-13(17-9-11-6-7-21-10-11)18-15(19-14)12-4-2-1-3-5-12/h1-8,10H,9,16H2,(H2,17,18,19,20). The molecule has 21 heavy (non-hydrogen) atoms. The van der Waals surface area contributed by atoms with Crippen molar-refractivity contribution in [3.8, 4) is 11.4 Å². The van der Waals surface area contributed by atoms with Gasteiger partial charge in [0.25, 0.3) is 0 Å². The third-order valence-corrected chi connectivity index (χ3v) is 2.96. The third kappa shape index (κ3) is 3.18. The minimum Gasteiger partial charge on any atom is -0.472 e. The fourth-order valence-corrected chi connectivity index (χ4v) is 1.91. The normalized spacial score (nSPS) is 10.3. The van der Waals surface area contributed by atoms with Crippen molar-refractivity contribution in [2.24, 2.45) is 5.84 Å². The number of aromatic nitrogens is 2. The fourth-order valence-electron chi connectivity index (χ4n) is 1.91. The van der Waals surface area contributed by atoms with Crippen LogP contribution < -0.4 is 16.6 Å². The van der Waals surface area contributed by atoms with Gasteiger partial charge in [0.2, 0.25) is 0 Å². The molecule has 0 aliphatic carbocycles. The highest BCUT2D eigenvalue weighted by Crippen LogP contribution is 2.20. The van der Waals surface area contributed by atoms with Crippen molar-refractivity contribution in [2.75, 3.05) is 10.7 Å². The predicted molar refractivity (Wildman–Crippen MR) is 81.3 cm³/mol. The van der Waals surface area contributed by atoms with Crippen LogP contribution in [0.4, 0.5) is 11.6 Å². The van der Waals surface area contributed by atoms with Crippen LogP contribution in [0.5, 0.6) is 0 Å². The summed E-state index contributed by atoms with van der Waals surface area (Å²) in [6.45, 7) is 0.617. The van der Waals surface area contributed by atoms with Crippen LogP contribution in [0.2, 0.25) is 0 Å². The van der Waals surface area contributed by atoms with Crippen molar-refractivity contribution in [3.63, 3.8) is 0 Å². The zero-order valence-corrected chi connectivity index (χ0v) is 11.3. The number of nitrogens with zero attached hydrogens (tertiary/aromatic N) is 2. The van der Waals surface area contributed by atoms with Gasteiger partial charge in [-0.1, -0.05) is 30.3 Å². The first-order valence-corrected chi connectivity index (χ1v) is 6.51. The van der Waals surface area contributed by atoms with Crippen LogP contribution in [-0.2, 0) is 6.54 Å². The molecule has 0 fully saturated rings. The summed E-state index contributed by atoms with van der Waals surface area (Å²) in [5.74, 6) is 7.33. The van der Waals surface area contributed by atoms with E-state index in [1.165, 1.54) is 0 Å². The first kappa shape index (κ1) is 13.1. The number of benzene rings is 1. The lowest BCUT2D eigenvalue weighted by atomic mass is 10.2. The van der Waals surface area contributed by atoms with Crippen LogP contribution in [-0.4, -0.2) is 9.97 Å². The van der Waals surface area contributed by atoms with Gasteiger partial charge in [-0.25, -0.2) is 15.8 Å². The Kier molecular flexibility index (Phi) is 3.79. The molecule has 0 saturated carbocycles. The molecule has 0 atom stereocenters. The van der Waals surface area contributed by atoms with Crippen molar-refractivity contribution in [3.05, 3.63) is 60.6 Å². The van der Waals surface area contributed by atoms with Crippen molar-refractivity contribution in [2.45, 2.75) is 6.54 Å². The lowest BCUT2D eigenvalue weighted by Crippen LogP contribution is -2.11. The summed E-state index contributed by atoms with van der Waals surface area (Å²) in [5, 5.41) is 3.23. The van der Waals surface area contributed by atoms with Crippen molar-refractivity contribution in [1.82, 2.24) is 9.97 Å². The molecule has 0 unspecified atom stereocenters. The van der Waals surface area contributed by atoms with Crippen molar-refractivity contribution < 1.29 is 4.42 Å². The molecular formula is C15H15N5O.